The van der Waals surface area contributed by atoms with Gasteiger partial charge in [-0.1, -0.05) is 6.07 Å². The lowest BCUT2D eigenvalue weighted by Crippen LogP contribution is -2.01. The van der Waals surface area contributed by atoms with Crippen molar-refractivity contribution in [1.82, 2.24) is 13.7 Å². The van der Waals surface area contributed by atoms with Crippen molar-refractivity contribution in [3.63, 3.8) is 0 Å². The van der Waals surface area contributed by atoms with Gasteiger partial charge in [-0.3, -0.25) is 20.2 Å². The summed E-state index contributed by atoms with van der Waals surface area (Å²) in [6.07, 6.45) is 0.953. The van der Waals surface area contributed by atoms with Crippen molar-refractivity contribution >= 4 is 45.6 Å². The average Bonchev–Trinajstić information content (AvgIpc) is 2.96. The van der Waals surface area contributed by atoms with Gasteiger partial charge in [0.1, 0.15) is 17.2 Å². The van der Waals surface area contributed by atoms with Crippen LogP contribution in [0.4, 0.5) is 22.9 Å². The third-order valence-corrected chi connectivity index (χ3v) is 3.34. The Bertz CT molecular complexity index is 895. The maximum atomic E-state index is 11.1. The van der Waals surface area contributed by atoms with Gasteiger partial charge in [-0.05, 0) is 12.1 Å². The Morgan fingerprint density at radius 2 is 1.95 bits per heavy atom. The minimum atomic E-state index is -0.741. The zero-order chi connectivity index (χ0) is 15.7. The Hall–Kier alpha value is -3.21. The van der Waals surface area contributed by atoms with E-state index in [1.54, 1.807) is 18.2 Å². The predicted molar refractivity (Wildman–Crippen MR) is 78.2 cm³/mol. The third kappa shape index (κ3) is 2.40. The summed E-state index contributed by atoms with van der Waals surface area (Å²) in [6, 6.07) is 5.98. The molecule has 11 heteroatoms. The van der Waals surface area contributed by atoms with E-state index in [1.165, 1.54) is 0 Å². The van der Waals surface area contributed by atoms with Crippen molar-refractivity contribution in [3.8, 4) is 0 Å². The second-order valence-corrected chi connectivity index (χ2v) is 4.67. The first-order valence-corrected chi connectivity index (χ1v) is 6.56. The lowest BCUT2D eigenvalue weighted by atomic mass is 10.2. The van der Waals surface area contributed by atoms with Crippen molar-refractivity contribution in [3.05, 3.63) is 50.7 Å². The smallest absolute Gasteiger partial charge is 0.318 e. The summed E-state index contributed by atoms with van der Waals surface area (Å²) in [5.74, 6) is -0.101. The molecule has 0 radical (unpaired) electrons. The molecule has 0 spiro atoms. The van der Waals surface area contributed by atoms with Gasteiger partial charge in [-0.2, -0.15) is 8.75 Å². The summed E-state index contributed by atoms with van der Waals surface area (Å²) in [5, 5.41) is 24.5. The number of fused-ring (bicyclic) bond motifs is 1. The van der Waals surface area contributed by atoms with Gasteiger partial charge in [0.25, 0.3) is 5.69 Å². The lowest BCUT2D eigenvalue weighted by Gasteiger charge is -2.06. The van der Waals surface area contributed by atoms with Crippen LogP contribution < -0.4 is 5.32 Å². The highest BCUT2D eigenvalue weighted by Gasteiger charge is 2.21. The monoisotopic (exact) mass is 318 g/mol. The molecule has 0 atom stereocenters. The van der Waals surface area contributed by atoms with E-state index in [1.807, 2.05) is 0 Å². The van der Waals surface area contributed by atoms with Crippen LogP contribution in [0.25, 0.3) is 11.0 Å². The number of pyridine rings is 1. The van der Waals surface area contributed by atoms with Crippen molar-refractivity contribution < 1.29 is 9.85 Å². The molecule has 0 aliphatic carbocycles. The number of hydrogen-bond donors (Lipinski definition) is 1. The average molecular weight is 318 g/mol. The molecule has 0 aliphatic rings. The normalized spacial score (nSPS) is 10.5. The molecule has 0 amide bonds. The first-order valence-electron chi connectivity index (χ1n) is 5.83. The van der Waals surface area contributed by atoms with Gasteiger partial charge >= 0.3 is 5.69 Å². The molecular formula is C11H6N6O4S. The Kier molecular flexibility index (Phi) is 3.31. The largest absolute Gasteiger partial charge is 0.333 e. The number of anilines is 2. The fraction of sp³-hybridized carbons (Fsp3) is 0. The van der Waals surface area contributed by atoms with Crippen LogP contribution in [-0.2, 0) is 0 Å². The highest BCUT2D eigenvalue weighted by Crippen LogP contribution is 2.31. The maximum Gasteiger partial charge on any atom is 0.318 e. The highest BCUT2D eigenvalue weighted by atomic mass is 32.1. The molecule has 22 heavy (non-hydrogen) atoms. The first-order chi connectivity index (χ1) is 10.6. The molecule has 2 heterocycles. The van der Waals surface area contributed by atoms with E-state index in [0.29, 0.717) is 16.7 Å². The van der Waals surface area contributed by atoms with E-state index in [0.717, 1.165) is 24.0 Å². The molecule has 3 aromatic rings. The number of nitro groups is 2. The molecule has 0 aliphatic heterocycles. The Balaban J connectivity index is 2.07. The van der Waals surface area contributed by atoms with Crippen molar-refractivity contribution in [2.45, 2.75) is 0 Å². The topological polar surface area (TPSA) is 137 Å². The fourth-order valence-electron chi connectivity index (χ4n) is 1.81. The Morgan fingerprint density at radius 3 is 2.68 bits per heavy atom. The van der Waals surface area contributed by atoms with Crippen LogP contribution >= 0.6 is 11.7 Å². The number of aromatic nitrogens is 3. The van der Waals surface area contributed by atoms with Crippen LogP contribution in [-0.4, -0.2) is 23.6 Å². The summed E-state index contributed by atoms with van der Waals surface area (Å²) in [7, 11) is 0. The molecule has 0 fully saturated rings. The van der Waals surface area contributed by atoms with E-state index in [9.17, 15) is 20.2 Å². The van der Waals surface area contributed by atoms with Gasteiger partial charge < -0.3 is 5.32 Å². The van der Waals surface area contributed by atoms with Gasteiger partial charge in [0, 0.05) is 0 Å². The van der Waals surface area contributed by atoms with E-state index in [2.05, 4.69) is 19.0 Å². The number of hydrogen-bond acceptors (Lipinski definition) is 9. The molecule has 3 rings (SSSR count). The molecule has 0 saturated carbocycles. The van der Waals surface area contributed by atoms with Crippen LogP contribution in [0, 0.1) is 20.2 Å². The van der Waals surface area contributed by atoms with Crippen LogP contribution in [0.2, 0.25) is 0 Å². The summed E-state index contributed by atoms with van der Waals surface area (Å²) < 4.78 is 8.16. The number of nitrogens with zero attached hydrogens (tertiary/aromatic N) is 5. The molecule has 10 nitrogen and oxygen atoms in total. The quantitative estimate of drug-likeness (QED) is 0.572. The van der Waals surface area contributed by atoms with Crippen molar-refractivity contribution in [2.75, 3.05) is 5.32 Å². The van der Waals surface area contributed by atoms with Gasteiger partial charge in [-0.15, -0.1) is 0 Å². The van der Waals surface area contributed by atoms with Crippen LogP contribution in [0.3, 0.4) is 0 Å². The Morgan fingerprint density at radius 1 is 1.14 bits per heavy atom. The number of rotatable bonds is 4. The molecule has 0 saturated heterocycles. The molecule has 1 N–H and O–H groups in total. The van der Waals surface area contributed by atoms with Crippen LogP contribution in [0.15, 0.2) is 30.5 Å². The van der Waals surface area contributed by atoms with Crippen molar-refractivity contribution in [1.29, 1.82) is 0 Å². The lowest BCUT2D eigenvalue weighted by molar-refractivity contribution is -0.394. The predicted octanol–water partition coefficient (Wildman–Crippen LogP) is 2.65. The summed E-state index contributed by atoms with van der Waals surface area (Å²) in [4.78, 5) is 24.1. The van der Waals surface area contributed by atoms with Crippen LogP contribution in [0.5, 0.6) is 0 Å². The molecule has 110 valence electrons. The van der Waals surface area contributed by atoms with E-state index in [-0.39, 0.29) is 5.82 Å². The number of benzene rings is 1. The minimum absolute atomic E-state index is 0.101. The summed E-state index contributed by atoms with van der Waals surface area (Å²) in [6.45, 7) is 0. The van der Waals surface area contributed by atoms with Gasteiger partial charge in [0.15, 0.2) is 0 Å². The third-order valence-electron chi connectivity index (χ3n) is 2.80. The molecular weight excluding hydrogens is 312 g/mol. The van der Waals surface area contributed by atoms with Gasteiger partial charge in [-0.25, -0.2) is 4.98 Å². The number of nitrogens with one attached hydrogen (secondary N) is 1. The maximum absolute atomic E-state index is 11.1. The standard InChI is InChI=1S/C11H6N6O4S/c18-16(19)6-4-9(17(20)21)11(12-5-6)13-7-2-1-3-8-10(7)15-22-14-8/h1-5H,(H,12,13). The fourth-order valence-corrected chi connectivity index (χ4v) is 2.36. The zero-order valence-corrected chi connectivity index (χ0v) is 11.5. The first kappa shape index (κ1) is 13.8. The van der Waals surface area contributed by atoms with Crippen molar-refractivity contribution in [2.24, 2.45) is 0 Å². The highest BCUT2D eigenvalue weighted by molar-refractivity contribution is 7.00. The zero-order valence-electron chi connectivity index (χ0n) is 10.7. The van der Waals surface area contributed by atoms with Crippen LogP contribution in [0.1, 0.15) is 0 Å². The molecule has 1 aromatic carbocycles. The second-order valence-electron chi connectivity index (χ2n) is 4.14. The van der Waals surface area contributed by atoms with Gasteiger partial charge in [0.05, 0.1) is 33.3 Å². The molecule has 0 bridgehead atoms. The van der Waals surface area contributed by atoms with E-state index in [4.69, 9.17) is 0 Å². The Labute approximate surface area is 126 Å². The van der Waals surface area contributed by atoms with E-state index < -0.39 is 21.2 Å². The minimum Gasteiger partial charge on any atom is -0.333 e. The molecule has 0 unspecified atom stereocenters. The van der Waals surface area contributed by atoms with E-state index >= 15 is 0 Å². The summed E-state index contributed by atoms with van der Waals surface area (Å²) >= 11 is 1.01. The second kappa shape index (κ2) is 5.29. The summed E-state index contributed by atoms with van der Waals surface area (Å²) in [5.41, 5.74) is 0.720. The molecule has 2 aromatic heterocycles. The SMILES string of the molecule is O=[N+]([O-])c1cnc(Nc2cccc3nsnc23)c([N+](=O)[O-])c1. The van der Waals surface area contributed by atoms with Gasteiger partial charge in [0.2, 0.25) is 5.82 Å².